The van der Waals surface area contributed by atoms with Crippen LogP contribution in [-0.4, -0.2) is 5.11 Å². The highest BCUT2D eigenvalue weighted by atomic mass is 79.9. The summed E-state index contributed by atoms with van der Waals surface area (Å²) in [5.74, 6) is 0.190. The minimum atomic E-state index is -4.45. The van der Waals surface area contributed by atoms with E-state index in [2.05, 4.69) is 15.9 Å². The summed E-state index contributed by atoms with van der Waals surface area (Å²) in [6.45, 7) is 0. The topological polar surface area (TPSA) is 33.4 Å². The van der Waals surface area contributed by atoms with E-state index in [-0.39, 0.29) is 11.3 Å². The predicted molar refractivity (Wildman–Crippen MR) is 61.9 cm³/mol. The van der Waals surface area contributed by atoms with Gasteiger partial charge in [0.25, 0.3) is 0 Å². The molecule has 0 aliphatic carbocycles. The van der Waals surface area contributed by atoms with Crippen LogP contribution in [-0.2, 0) is 6.18 Å². The SMILES string of the molecule is OC(c1ccco1)c1cc(C(F)(F)F)ccc1Br. The van der Waals surface area contributed by atoms with Crippen molar-refractivity contribution in [1.82, 2.24) is 0 Å². The van der Waals surface area contributed by atoms with E-state index in [1.807, 2.05) is 0 Å². The Morgan fingerprint density at radius 3 is 2.50 bits per heavy atom. The number of hydrogen-bond donors (Lipinski definition) is 1. The molecule has 1 N–H and O–H groups in total. The van der Waals surface area contributed by atoms with E-state index < -0.39 is 17.8 Å². The number of aliphatic hydroxyl groups is 1. The zero-order chi connectivity index (χ0) is 13.3. The van der Waals surface area contributed by atoms with Gasteiger partial charge in [0.2, 0.25) is 0 Å². The van der Waals surface area contributed by atoms with Crippen LogP contribution in [0.5, 0.6) is 0 Å². The molecule has 0 aliphatic heterocycles. The summed E-state index contributed by atoms with van der Waals surface area (Å²) in [6.07, 6.45) is -4.34. The molecule has 96 valence electrons. The van der Waals surface area contributed by atoms with E-state index in [4.69, 9.17) is 4.42 Å². The second kappa shape index (κ2) is 4.78. The third-order valence-corrected chi connectivity index (χ3v) is 3.15. The first kappa shape index (κ1) is 13.2. The van der Waals surface area contributed by atoms with Crippen LogP contribution in [0.4, 0.5) is 13.2 Å². The zero-order valence-electron chi connectivity index (χ0n) is 8.91. The van der Waals surface area contributed by atoms with Crippen molar-refractivity contribution in [3.05, 3.63) is 58.0 Å². The maximum atomic E-state index is 12.6. The maximum absolute atomic E-state index is 12.6. The molecule has 0 saturated heterocycles. The number of benzene rings is 1. The molecule has 0 spiro atoms. The van der Waals surface area contributed by atoms with Crippen LogP contribution >= 0.6 is 15.9 Å². The number of hydrogen-bond acceptors (Lipinski definition) is 2. The number of halogens is 4. The fraction of sp³-hybridized carbons (Fsp3) is 0.167. The molecule has 6 heteroatoms. The average Bonchev–Trinajstić information content (AvgIpc) is 2.80. The smallest absolute Gasteiger partial charge is 0.416 e. The van der Waals surface area contributed by atoms with Gasteiger partial charge in [-0.25, -0.2) is 0 Å². The first-order valence-corrected chi connectivity index (χ1v) is 5.77. The molecule has 0 bridgehead atoms. The Hall–Kier alpha value is -1.27. The molecule has 2 aromatic rings. The molecule has 0 fully saturated rings. The minimum absolute atomic E-state index is 0.111. The fourth-order valence-electron chi connectivity index (χ4n) is 1.53. The lowest BCUT2D eigenvalue weighted by Crippen LogP contribution is -2.07. The molecule has 2 rings (SSSR count). The second-order valence-electron chi connectivity index (χ2n) is 3.65. The quantitative estimate of drug-likeness (QED) is 0.902. The molecule has 1 aromatic heterocycles. The molecule has 1 atom stereocenters. The number of aliphatic hydroxyl groups excluding tert-OH is 1. The van der Waals surface area contributed by atoms with Crippen LogP contribution in [0.15, 0.2) is 45.5 Å². The summed E-state index contributed by atoms with van der Waals surface area (Å²) >= 11 is 3.11. The van der Waals surface area contributed by atoms with Crippen molar-refractivity contribution in [3.8, 4) is 0 Å². The molecule has 0 radical (unpaired) electrons. The van der Waals surface area contributed by atoms with Crippen molar-refractivity contribution in [2.75, 3.05) is 0 Å². The molecule has 18 heavy (non-hydrogen) atoms. The Balaban J connectivity index is 2.44. The number of alkyl halides is 3. The van der Waals surface area contributed by atoms with E-state index in [1.165, 1.54) is 18.4 Å². The Morgan fingerprint density at radius 2 is 1.94 bits per heavy atom. The lowest BCUT2D eigenvalue weighted by Gasteiger charge is -2.14. The lowest BCUT2D eigenvalue weighted by molar-refractivity contribution is -0.137. The zero-order valence-corrected chi connectivity index (χ0v) is 10.5. The third-order valence-electron chi connectivity index (χ3n) is 2.43. The normalized spacial score (nSPS) is 13.6. The van der Waals surface area contributed by atoms with Gasteiger partial charge in [-0.2, -0.15) is 13.2 Å². The van der Waals surface area contributed by atoms with Crippen LogP contribution in [0.3, 0.4) is 0 Å². The summed E-state index contributed by atoms with van der Waals surface area (Å²) < 4.78 is 43.1. The molecule has 2 nitrogen and oxygen atoms in total. The summed E-state index contributed by atoms with van der Waals surface area (Å²) in [7, 11) is 0. The molecule has 0 aliphatic rings. The number of rotatable bonds is 2. The monoisotopic (exact) mass is 320 g/mol. The Kier molecular flexibility index (Phi) is 3.49. The Morgan fingerprint density at radius 1 is 1.22 bits per heavy atom. The van der Waals surface area contributed by atoms with Crippen LogP contribution in [0, 0.1) is 0 Å². The van der Waals surface area contributed by atoms with Crippen molar-refractivity contribution in [3.63, 3.8) is 0 Å². The predicted octanol–water partition coefficient (Wildman–Crippen LogP) is 4.14. The standard InChI is InChI=1S/C12H8BrF3O2/c13-9-4-3-7(12(14,15)16)6-8(9)11(17)10-2-1-5-18-10/h1-6,11,17H. The van der Waals surface area contributed by atoms with E-state index in [1.54, 1.807) is 6.07 Å². The van der Waals surface area contributed by atoms with E-state index >= 15 is 0 Å². The second-order valence-corrected chi connectivity index (χ2v) is 4.51. The van der Waals surface area contributed by atoms with Gasteiger partial charge in [0.15, 0.2) is 0 Å². The first-order valence-electron chi connectivity index (χ1n) is 4.97. The number of furan rings is 1. The van der Waals surface area contributed by atoms with Crippen molar-refractivity contribution < 1.29 is 22.7 Å². The van der Waals surface area contributed by atoms with Gasteiger partial charge >= 0.3 is 6.18 Å². The maximum Gasteiger partial charge on any atom is 0.416 e. The van der Waals surface area contributed by atoms with E-state index in [0.717, 1.165) is 12.1 Å². The molecule has 0 amide bonds. The molecule has 1 unspecified atom stereocenters. The summed E-state index contributed by atoms with van der Waals surface area (Å²) in [5.41, 5.74) is -0.703. The summed E-state index contributed by atoms with van der Waals surface area (Å²) in [4.78, 5) is 0. The minimum Gasteiger partial charge on any atom is -0.466 e. The molecular weight excluding hydrogens is 313 g/mol. The van der Waals surface area contributed by atoms with Crippen molar-refractivity contribution in [2.45, 2.75) is 12.3 Å². The molecule has 1 aromatic carbocycles. The summed E-state index contributed by atoms with van der Waals surface area (Å²) in [6, 6.07) is 6.15. The first-order chi connectivity index (χ1) is 8.39. The third kappa shape index (κ3) is 2.59. The largest absolute Gasteiger partial charge is 0.466 e. The highest BCUT2D eigenvalue weighted by Gasteiger charge is 2.32. The van der Waals surface area contributed by atoms with Gasteiger partial charge in [-0.3, -0.25) is 0 Å². The van der Waals surface area contributed by atoms with Gasteiger partial charge < -0.3 is 9.52 Å². The highest BCUT2D eigenvalue weighted by molar-refractivity contribution is 9.10. The van der Waals surface area contributed by atoms with Gasteiger partial charge in [-0.1, -0.05) is 15.9 Å². The van der Waals surface area contributed by atoms with E-state index in [0.29, 0.717) is 4.47 Å². The van der Waals surface area contributed by atoms with Gasteiger partial charge in [0.1, 0.15) is 11.9 Å². The Bertz CT molecular complexity index is 535. The molecule has 0 saturated carbocycles. The van der Waals surface area contributed by atoms with Gasteiger partial charge in [-0.15, -0.1) is 0 Å². The van der Waals surface area contributed by atoms with Gasteiger partial charge in [0.05, 0.1) is 11.8 Å². The van der Waals surface area contributed by atoms with Gasteiger partial charge in [-0.05, 0) is 30.3 Å². The van der Waals surface area contributed by atoms with Crippen LogP contribution in [0.2, 0.25) is 0 Å². The lowest BCUT2D eigenvalue weighted by atomic mass is 10.0. The summed E-state index contributed by atoms with van der Waals surface area (Å²) in [5, 5.41) is 9.96. The average molecular weight is 321 g/mol. The Labute approximate surface area is 109 Å². The van der Waals surface area contributed by atoms with Crippen molar-refractivity contribution in [2.24, 2.45) is 0 Å². The van der Waals surface area contributed by atoms with Crippen LogP contribution in [0.25, 0.3) is 0 Å². The highest BCUT2D eigenvalue weighted by Crippen LogP contribution is 2.35. The van der Waals surface area contributed by atoms with Crippen LogP contribution in [0.1, 0.15) is 23.0 Å². The fourth-order valence-corrected chi connectivity index (χ4v) is 1.99. The molecule has 1 heterocycles. The van der Waals surface area contributed by atoms with Gasteiger partial charge in [0, 0.05) is 10.0 Å². The van der Waals surface area contributed by atoms with Crippen molar-refractivity contribution in [1.29, 1.82) is 0 Å². The van der Waals surface area contributed by atoms with E-state index in [9.17, 15) is 18.3 Å². The molecular formula is C12H8BrF3O2. The van der Waals surface area contributed by atoms with Crippen LogP contribution < -0.4 is 0 Å². The van der Waals surface area contributed by atoms with Crippen molar-refractivity contribution >= 4 is 15.9 Å².